The maximum Gasteiger partial charge on any atom is 0.407 e. The van der Waals surface area contributed by atoms with Gasteiger partial charge in [-0.2, -0.15) is 0 Å². The second-order valence-electron chi connectivity index (χ2n) is 11.3. The average Bonchev–Trinajstić information content (AvgIpc) is 3.13. The number of hydrogen-bond donors (Lipinski definition) is 2. The van der Waals surface area contributed by atoms with E-state index < -0.39 is 11.7 Å². The lowest BCUT2D eigenvalue weighted by Gasteiger charge is -2.32. The van der Waals surface area contributed by atoms with E-state index in [2.05, 4.69) is 10.6 Å². The molecular formula is C28H38N4O6. The van der Waals surface area contributed by atoms with E-state index in [4.69, 9.17) is 4.74 Å². The fraction of sp³-hybridized carbons (Fsp3) is 0.607. The second kappa shape index (κ2) is 11.5. The summed E-state index contributed by atoms with van der Waals surface area (Å²) in [4.78, 5) is 66.2. The van der Waals surface area contributed by atoms with Crippen LogP contribution in [0.4, 0.5) is 4.79 Å². The standard InChI is InChI=1S/C28H38N4O6/c1-28(2,3)38-27(37)29-14-11-23(33)31-15-12-19(13-16-31)30-24(34)18-9-10-21-22(17-18)26(36)32(25(21)35)20-7-5-4-6-8-20/h9-10,17,19-20H,4-8,11-16H2,1-3H3,(H,29,37)(H,30,34). The van der Waals surface area contributed by atoms with Crippen LogP contribution in [0, 0.1) is 0 Å². The second-order valence-corrected chi connectivity index (χ2v) is 11.3. The highest BCUT2D eigenvalue weighted by atomic mass is 16.6. The van der Waals surface area contributed by atoms with Crippen LogP contribution in [0.1, 0.15) is 103 Å². The van der Waals surface area contributed by atoms with Crippen LogP contribution in [0.3, 0.4) is 0 Å². The van der Waals surface area contributed by atoms with Crippen molar-refractivity contribution in [3.63, 3.8) is 0 Å². The Balaban J connectivity index is 1.25. The van der Waals surface area contributed by atoms with Gasteiger partial charge in [-0.05, 0) is 64.7 Å². The molecule has 4 rings (SSSR count). The van der Waals surface area contributed by atoms with Gasteiger partial charge in [0.1, 0.15) is 5.60 Å². The largest absolute Gasteiger partial charge is 0.444 e. The highest BCUT2D eigenvalue weighted by Crippen LogP contribution is 2.31. The Bertz CT molecular complexity index is 1100. The fourth-order valence-electron chi connectivity index (χ4n) is 5.36. The van der Waals surface area contributed by atoms with Gasteiger partial charge in [0.2, 0.25) is 5.91 Å². The molecule has 5 amide bonds. The Kier molecular flexibility index (Phi) is 8.38. The summed E-state index contributed by atoms with van der Waals surface area (Å²) < 4.78 is 5.17. The number of nitrogens with zero attached hydrogens (tertiary/aromatic N) is 2. The van der Waals surface area contributed by atoms with Gasteiger partial charge in [0.25, 0.3) is 17.7 Å². The predicted molar refractivity (Wildman–Crippen MR) is 140 cm³/mol. The van der Waals surface area contributed by atoms with E-state index in [0.717, 1.165) is 32.1 Å². The first-order chi connectivity index (χ1) is 18.0. The summed E-state index contributed by atoms with van der Waals surface area (Å²) in [6.07, 6.45) is 5.66. The number of rotatable bonds is 6. The van der Waals surface area contributed by atoms with Crippen molar-refractivity contribution in [1.82, 2.24) is 20.4 Å². The lowest BCUT2D eigenvalue weighted by molar-refractivity contribution is -0.132. The summed E-state index contributed by atoms with van der Waals surface area (Å²) in [5.74, 6) is -0.924. The topological polar surface area (TPSA) is 125 Å². The summed E-state index contributed by atoms with van der Waals surface area (Å²) in [6.45, 7) is 6.53. The molecule has 1 aromatic carbocycles. The zero-order valence-electron chi connectivity index (χ0n) is 22.5. The minimum atomic E-state index is -0.595. The van der Waals surface area contributed by atoms with Gasteiger partial charge < -0.3 is 20.3 Å². The van der Waals surface area contributed by atoms with E-state index in [9.17, 15) is 24.0 Å². The van der Waals surface area contributed by atoms with Crippen LogP contribution in [0.2, 0.25) is 0 Å². The van der Waals surface area contributed by atoms with Crippen molar-refractivity contribution < 1.29 is 28.7 Å². The number of nitrogens with one attached hydrogen (secondary N) is 2. The SMILES string of the molecule is CC(C)(C)OC(=O)NCCC(=O)N1CCC(NC(=O)c2ccc3c(c2)C(=O)N(C2CCCCC2)C3=O)CC1. The Morgan fingerprint density at radius 3 is 2.26 bits per heavy atom. The van der Waals surface area contributed by atoms with Crippen LogP contribution in [0.25, 0.3) is 0 Å². The number of carbonyl (C=O) groups excluding carboxylic acids is 5. The highest BCUT2D eigenvalue weighted by Gasteiger charge is 2.40. The quantitative estimate of drug-likeness (QED) is 0.548. The molecule has 2 fully saturated rings. The first-order valence-corrected chi connectivity index (χ1v) is 13.6. The zero-order valence-corrected chi connectivity index (χ0v) is 22.5. The van der Waals surface area contributed by atoms with Crippen LogP contribution < -0.4 is 10.6 Å². The van der Waals surface area contributed by atoms with Crippen LogP contribution in [-0.4, -0.2) is 76.8 Å². The number of piperidine rings is 1. The number of benzene rings is 1. The number of amides is 5. The molecule has 0 aromatic heterocycles. The highest BCUT2D eigenvalue weighted by molar-refractivity contribution is 6.22. The van der Waals surface area contributed by atoms with Crippen molar-refractivity contribution in [3.8, 4) is 0 Å². The molecule has 0 radical (unpaired) electrons. The summed E-state index contributed by atoms with van der Waals surface area (Å²) in [5.41, 5.74) is 0.420. The maximum atomic E-state index is 13.1. The number of imide groups is 1. The van der Waals surface area contributed by atoms with Crippen molar-refractivity contribution in [2.24, 2.45) is 0 Å². The smallest absolute Gasteiger partial charge is 0.407 e. The Morgan fingerprint density at radius 2 is 1.61 bits per heavy atom. The molecule has 1 saturated carbocycles. The minimum Gasteiger partial charge on any atom is -0.444 e. The number of carbonyl (C=O) groups is 5. The molecule has 1 aromatic rings. The van der Waals surface area contributed by atoms with E-state index in [-0.39, 0.29) is 48.7 Å². The van der Waals surface area contributed by atoms with Crippen molar-refractivity contribution in [2.45, 2.75) is 89.8 Å². The molecule has 2 N–H and O–H groups in total. The summed E-state index contributed by atoms with van der Waals surface area (Å²) in [6, 6.07) is 4.55. The maximum absolute atomic E-state index is 13.1. The van der Waals surface area contributed by atoms with Gasteiger partial charge in [0, 0.05) is 43.7 Å². The van der Waals surface area contributed by atoms with Gasteiger partial charge in [-0.15, -0.1) is 0 Å². The summed E-state index contributed by atoms with van der Waals surface area (Å²) in [5, 5.41) is 5.60. The van der Waals surface area contributed by atoms with Gasteiger partial charge in [-0.25, -0.2) is 4.79 Å². The van der Waals surface area contributed by atoms with Crippen molar-refractivity contribution >= 4 is 29.7 Å². The van der Waals surface area contributed by atoms with Gasteiger partial charge >= 0.3 is 6.09 Å². The third kappa shape index (κ3) is 6.52. The average molecular weight is 527 g/mol. The molecule has 0 atom stereocenters. The Labute approximate surface area is 223 Å². The number of likely N-dealkylation sites (tertiary alicyclic amines) is 1. The van der Waals surface area contributed by atoms with Crippen molar-refractivity contribution in [1.29, 1.82) is 0 Å². The molecule has 0 spiro atoms. The lowest BCUT2D eigenvalue weighted by atomic mass is 9.94. The van der Waals surface area contributed by atoms with E-state index in [1.54, 1.807) is 37.8 Å². The van der Waals surface area contributed by atoms with Gasteiger partial charge in [0.05, 0.1) is 11.1 Å². The molecular weight excluding hydrogens is 488 g/mol. The monoisotopic (exact) mass is 526 g/mol. The van der Waals surface area contributed by atoms with Crippen molar-refractivity contribution in [3.05, 3.63) is 34.9 Å². The third-order valence-corrected chi connectivity index (χ3v) is 7.31. The van der Waals surface area contributed by atoms with Gasteiger partial charge in [-0.3, -0.25) is 24.1 Å². The molecule has 10 heteroatoms. The fourth-order valence-corrected chi connectivity index (χ4v) is 5.36. The molecule has 2 aliphatic heterocycles. The normalized spacial score (nSPS) is 18.8. The number of ether oxygens (including phenoxy) is 1. The summed E-state index contributed by atoms with van der Waals surface area (Å²) in [7, 11) is 0. The molecule has 206 valence electrons. The van der Waals surface area contributed by atoms with Crippen LogP contribution in [0.15, 0.2) is 18.2 Å². The van der Waals surface area contributed by atoms with Crippen LogP contribution in [0.5, 0.6) is 0 Å². The molecule has 3 aliphatic rings. The number of alkyl carbamates (subject to hydrolysis) is 1. The molecule has 10 nitrogen and oxygen atoms in total. The number of fused-ring (bicyclic) bond motifs is 1. The number of hydrogen-bond acceptors (Lipinski definition) is 6. The molecule has 0 bridgehead atoms. The lowest BCUT2D eigenvalue weighted by Crippen LogP contribution is -2.47. The summed E-state index contributed by atoms with van der Waals surface area (Å²) >= 11 is 0. The minimum absolute atomic E-state index is 0.0600. The van der Waals surface area contributed by atoms with Crippen LogP contribution in [-0.2, 0) is 9.53 Å². The van der Waals surface area contributed by atoms with Crippen molar-refractivity contribution in [2.75, 3.05) is 19.6 Å². The van der Waals surface area contributed by atoms with E-state index >= 15 is 0 Å². The van der Waals surface area contributed by atoms with Gasteiger partial charge in [0.15, 0.2) is 0 Å². The first kappa shape index (κ1) is 27.6. The molecule has 1 aliphatic carbocycles. The Morgan fingerprint density at radius 1 is 0.947 bits per heavy atom. The third-order valence-electron chi connectivity index (χ3n) is 7.31. The Hall–Kier alpha value is -3.43. The molecule has 0 unspecified atom stereocenters. The molecule has 38 heavy (non-hydrogen) atoms. The zero-order chi connectivity index (χ0) is 27.4. The van der Waals surface area contributed by atoms with E-state index in [1.165, 1.54) is 11.0 Å². The predicted octanol–water partition coefficient (Wildman–Crippen LogP) is 3.25. The molecule has 1 saturated heterocycles. The van der Waals surface area contributed by atoms with E-state index in [1.807, 2.05) is 0 Å². The van der Waals surface area contributed by atoms with Crippen LogP contribution >= 0.6 is 0 Å². The van der Waals surface area contributed by atoms with Gasteiger partial charge in [-0.1, -0.05) is 19.3 Å². The van der Waals surface area contributed by atoms with E-state index in [0.29, 0.717) is 42.6 Å². The first-order valence-electron chi connectivity index (χ1n) is 13.6. The molecule has 2 heterocycles.